The van der Waals surface area contributed by atoms with Crippen LogP contribution in [0.3, 0.4) is 0 Å². The van der Waals surface area contributed by atoms with Gasteiger partial charge in [-0.1, -0.05) is 65.8 Å². The third-order valence-electron chi connectivity index (χ3n) is 5.33. The van der Waals surface area contributed by atoms with Crippen molar-refractivity contribution >= 4 is 11.6 Å². The van der Waals surface area contributed by atoms with E-state index in [1.54, 1.807) is 0 Å². The number of oxazole rings is 1. The Morgan fingerprint density at radius 1 is 0.914 bits per heavy atom. The predicted molar refractivity (Wildman–Crippen MR) is 134 cm³/mol. The van der Waals surface area contributed by atoms with Gasteiger partial charge < -0.3 is 19.7 Å². The molecule has 0 saturated carbocycles. The molecule has 1 aromatic heterocycles. The molecule has 0 aliphatic carbocycles. The van der Waals surface area contributed by atoms with Crippen molar-refractivity contribution in [3.05, 3.63) is 108 Å². The van der Waals surface area contributed by atoms with Gasteiger partial charge in [0.1, 0.15) is 30.4 Å². The van der Waals surface area contributed by atoms with Crippen LogP contribution in [0, 0.1) is 6.92 Å². The fourth-order valence-corrected chi connectivity index (χ4v) is 3.40. The first kappa shape index (κ1) is 23.8. The summed E-state index contributed by atoms with van der Waals surface area (Å²) in [6.45, 7) is 2.48. The number of rotatable bonds is 11. The number of aromatic nitrogens is 1. The molecular formula is C28H27N3O4. The zero-order valence-corrected chi connectivity index (χ0v) is 19.5. The van der Waals surface area contributed by atoms with E-state index in [1.807, 2.05) is 91.9 Å². The van der Waals surface area contributed by atoms with E-state index in [4.69, 9.17) is 19.7 Å². The lowest BCUT2D eigenvalue weighted by atomic mass is 10.1. The van der Waals surface area contributed by atoms with E-state index in [2.05, 4.69) is 10.1 Å². The van der Waals surface area contributed by atoms with Crippen LogP contribution < -0.4 is 10.5 Å². The fraction of sp³-hybridized carbons (Fsp3) is 0.179. The van der Waals surface area contributed by atoms with Gasteiger partial charge in [0.05, 0.1) is 5.71 Å². The molecule has 0 spiro atoms. The highest BCUT2D eigenvalue weighted by atomic mass is 16.6. The quantitative estimate of drug-likeness (QED) is 0.234. The molecule has 1 heterocycles. The molecular weight excluding hydrogens is 442 g/mol. The Morgan fingerprint density at radius 3 is 2.29 bits per heavy atom. The summed E-state index contributed by atoms with van der Waals surface area (Å²) in [6, 6.07) is 27.0. The fourth-order valence-electron chi connectivity index (χ4n) is 3.40. The molecule has 7 nitrogen and oxygen atoms in total. The van der Waals surface area contributed by atoms with Crippen molar-refractivity contribution in [1.29, 1.82) is 0 Å². The number of primary amides is 1. The number of nitrogens with zero attached hydrogens (tertiary/aromatic N) is 2. The Labute approximate surface area is 204 Å². The summed E-state index contributed by atoms with van der Waals surface area (Å²) < 4.78 is 11.7. The van der Waals surface area contributed by atoms with Gasteiger partial charge in [0, 0.05) is 18.4 Å². The zero-order chi connectivity index (χ0) is 24.5. The maximum atomic E-state index is 11.2. The minimum absolute atomic E-state index is 0.209. The number of carbonyl (C=O) groups is 1. The van der Waals surface area contributed by atoms with Gasteiger partial charge in [-0.05, 0) is 42.3 Å². The average Bonchev–Trinajstić information content (AvgIpc) is 3.27. The van der Waals surface area contributed by atoms with E-state index in [0.29, 0.717) is 30.4 Å². The van der Waals surface area contributed by atoms with Crippen LogP contribution in [0.5, 0.6) is 5.75 Å². The van der Waals surface area contributed by atoms with E-state index in [1.165, 1.54) is 0 Å². The van der Waals surface area contributed by atoms with Crippen molar-refractivity contribution in [1.82, 2.24) is 4.98 Å². The van der Waals surface area contributed by atoms with Crippen molar-refractivity contribution in [2.75, 3.05) is 0 Å². The summed E-state index contributed by atoms with van der Waals surface area (Å²) >= 11 is 0. The molecule has 35 heavy (non-hydrogen) atoms. The summed E-state index contributed by atoms with van der Waals surface area (Å²) in [6.07, 6.45) is 0.626. The maximum Gasteiger partial charge on any atom is 0.226 e. The van der Waals surface area contributed by atoms with E-state index in [-0.39, 0.29) is 18.9 Å². The number of ether oxygens (including phenoxy) is 1. The van der Waals surface area contributed by atoms with Crippen molar-refractivity contribution in [2.24, 2.45) is 10.9 Å². The van der Waals surface area contributed by atoms with Crippen molar-refractivity contribution in [3.63, 3.8) is 0 Å². The molecule has 0 saturated heterocycles. The minimum atomic E-state index is -0.374. The van der Waals surface area contributed by atoms with Gasteiger partial charge in [0.15, 0.2) is 0 Å². The molecule has 4 aromatic rings. The van der Waals surface area contributed by atoms with Crippen LogP contribution in [0.1, 0.15) is 35.4 Å². The molecule has 0 aliphatic rings. The SMILES string of the molecule is Cc1oc(-c2ccccc2)nc1COc1ccc(CON=C(CCC(N)=O)c2ccccc2)cc1. The maximum absolute atomic E-state index is 11.2. The monoisotopic (exact) mass is 469 g/mol. The van der Waals surface area contributed by atoms with Gasteiger partial charge in [0.25, 0.3) is 0 Å². The van der Waals surface area contributed by atoms with Crippen LogP contribution in [-0.4, -0.2) is 16.6 Å². The second-order valence-electron chi connectivity index (χ2n) is 7.96. The molecule has 0 radical (unpaired) electrons. The van der Waals surface area contributed by atoms with Crippen LogP contribution in [0.2, 0.25) is 0 Å². The highest BCUT2D eigenvalue weighted by Gasteiger charge is 2.12. The normalized spacial score (nSPS) is 11.3. The Bertz CT molecular complexity index is 1270. The van der Waals surface area contributed by atoms with Gasteiger partial charge in [0.2, 0.25) is 11.8 Å². The van der Waals surface area contributed by atoms with Gasteiger partial charge in [-0.2, -0.15) is 0 Å². The Morgan fingerprint density at radius 2 is 1.60 bits per heavy atom. The molecule has 3 aromatic carbocycles. The lowest BCUT2D eigenvalue weighted by Gasteiger charge is -2.08. The number of benzene rings is 3. The molecule has 2 N–H and O–H groups in total. The molecule has 0 bridgehead atoms. The summed E-state index contributed by atoms with van der Waals surface area (Å²) in [5, 5.41) is 4.26. The number of hydrogen-bond donors (Lipinski definition) is 1. The van der Waals surface area contributed by atoms with Gasteiger partial charge >= 0.3 is 0 Å². The molecule has 178 valence electrons. The third kappa shape index (κ3) is 6.80. The number of carbonyl (C=O) groups excluding carboxylic acids is 1. The van der Waals surface area contributed by atoms with Crippen molar-refractivity contribution in [2.45, 2.75) is 33.0 Å². The standard InChI is InChI=1S/C28H27N3O4/c1-20-26(30-28(35-20)23-10-6-3-7-11-23)19-33-24-14-12-21(13-15-24)18-34-31-25(16-17-27(29)32)22-8-4-2-5-9-22/h2-15H,16-19H2,1H3,(H2,29,32). The first-order valence-electron chi connectivity index (χ1n) is 11.3. The Balaban J connectivity index is 1.32. The van der Waals surface area contributed by atoms with Crippen molar-refractivity contribution in [3.8, 4) is 17.2 Å². The van der Waals surface area contributed by atoms with Crippen molar-refractivity contribution < 1.29 is 18.8 Å². The number of hydrogen-bond acceptors (Lipinski definition) is 6. The number of oxime groups is 1. The van der Waals surface area contributed by atoms with Crippen LogP contribution >= 0.6 is 0 Å². The third-order valence-corrected chi connectivity index (χ3v) is 5.33. The highest BCUT2D eigenvalue weighted by molar-refractivity contribution is 6.01. The molecule has 1 amide bonds. The summed E-state index contributed by atoms with van der Waals surface area (Å²) in [4.78, 5) is 21.3. The first-order valence-corrected chi connectivity index (χ1v) is 11.3. The zero-order valence-electron chi connectivity index (χ0n) is 19.5. The highest BCUT2D eigenvalue weighted by Crippen LogP contribution is 2.23. The first-order chi connectivity index (χ1) is 17.1. The number of aryl methyl sites for hydroxylation is 1. The second kappa shape index (κ2) is 11.7. The molecule has 7 heteroatoms. The van der Waals surface area contributed by atoms with Gasteiger partial charge in [-0.15, -0.1) is 0 Å². The largest absolute Gasteiger partial charge is 0.487 e. The molecule has 0 fully saturated rings. The summed E-state index contributed by atoms with van der Waals surface area (Å²) in [7, 11) is 0. The molecule has 0 unspecified atom stereocenters. The smallest absolute Gasteiger partial charge is 0.226 e. The molecule has 0 atom stereocenters. The summed E-state index contributed by atoms with van der Waals surface area (Å²) in [5.41, 5.74) is 9.50. The second-order valence-corrected chi connectivity index (χ2v) is 7.96. The Hall–Kier alpha value is -4.39. The van der Waals surface area contributed by atoms with E-state index in [0.717, 1.165) is 28.1 Å². The lowest BCUT2D eigenvalue weighted by molar-refractivity contribution is -0.117. The van der Waals surface area contributed by atoms with Crippen LogP contribution in [-0.2, 0) is 22.8 Å². The topological polar surface area (TPSA) is 99.9 Å². The molecule has 4 rings (SSSR count). The minimum Gasteiger partial charge on any atom is -0.487 e. The van der Waals surface area contributed by atoms with E-state index in [9.17, 15) is 4.79 Å². The number of nitrogens with two attached hydrogens (primary N) is 1. The predicted octanol–water partition coefficient (Wildman–Crippen LogP) is 5.42. The van der Waals surface area contributed by atoms with E-state index < -0.39 is 0 Å². The van der Waals surface area contributed by atoms with Crippen LogP contribution in [0.4, 0.5) is 0 Å². The van der Waals surface area contributed by atoms with Crippen LogP contribution in [0.15, 0.2) is 94.5 Å². The van der Waals surface area contributed by atoms with Gasteiger partial charge in [-0.25, -0.2) is 4.98 Å². The summed E-state index contributed by atoms with van der Waals surface area (Å²) in [5.74, 6) is 1.66. The van der Waals surface area contributed by atoms with Gasteiger partial charge in [-0.3, -0.25) is 4.79 Å². The molecule has 0 aliphatic heterocycles. The van der Waals surface area contributed by atoms with Crippen LogP contribution in [0.25, 0.3) is 11.5 Å². The lowest BCUT2D eigenvalue weighted by Crippen LogP contribution is -2.13. The van der Waals surface area contributed by atoms with E-state index >= 15 is 0 Å². The number of amides is 1. The average molecular weight is 470 g/mol. The Kier molecular flexibility index (Phi) is 7.91.